The van der Waals surface area contributed by atoms with E-state index < -0.39 is 15.3 Å². The van der Waals surface area contributed by atoms with Gasteiger partial charge >= 0.3 is 25.9 Å². The fraction of sp³-hybridized carbons (Fsp3) is 0. The monoisotopic (exact) mass is 137 g/mol. The zero-order valence-corrected chi connectivity index (χ0v) is 3.26. The van der Waals surface area contributed by atoms with Gasteiger partial charge in [0.1, 0.15) is 0 Å². The third-order valence-corrected chi connectivity index (χ3v) is 0. The van der Waals surface area contributed by atoms with Gasteiger partial charge in [0.2, 0.25) is 0 Å². The van der Waals surface area contributed by atoms with Crippen LogP contribution in [0.5, 0.6) is 0 Å². The van der Waals surface area contributed by atoms with Crippen LogP contribution in [-0.2, 0) is 0 Å². The Balaban J connectivity index is 2.32. The molecule has 0 saturated heterocycles. The molecule has 0 rings (SSSR count). The Bertz CT molecular complexity index is 8.00. The zero-order valence-electron chi connectivity index (χ0n) is 1.54. The van der Waals surface area contributed by atoms with Crippen LogP contribution in [0.25, 0.3) is 0 Å². The van der Waals surface area contributed by atoms with Gasteiger partial charge in [0, 0.05) is 0 Å². The van der Waals surface area contributed by atoms with Crippen LogP contribution >= 0.6 is 0 Å². The van der Waals surface area contributed by atoms with Gasteiger partial charge in [0.25, 0.3) is 0 Å². The molecular weight excluding hydrogens is 136 g/mol. The van der Waals surface area contributed by atoms with E-state index in [1.807, 2.05) is 0 Å². The SMILES string of the molecule is F[Se+](F)F. The van der Waals surface area contributed by atoms with E-state index in [9.17, 15) is 10.7 Å². The van der Waals surface area contributed by atoms with Gasteiger partial charge in [0.05, 0.1) is 0 Å². The number of rotatable bonds is 0. The Labute approximate surface area is 26.9 Å². The molecule has 0 saturated carbocycles. The molecule has 0 atom stereocenters. The first-order chi connectivity index (χ1) is 1.73. The molecule has 4 heavy (non-hydrogen) atoms. The summed E-state index contributed by atoms with van der Waals surface area (Å²) in [5, 5.41) is 0. The summed E-state index contributed by atoms with van der Waals surface area (Å²) >= 11 is -4.54. The third-order valence-electron chi connectivity index (χ3n) is 0. The predicted molar refractivity (Wildman–Crippen MR) is 9.08 cm³/mol. The average molecular weight is 136 g/mol. The van der Waals surface area contributed by atoms with Crippen LogP contribution in [-0.4, -0.2) is 15.3 Å². The molecule has 4 heteroatoms. The molecule has 0 aliphatic rings. The molecule has 0 N–H and O–H groups in total. The third kappa shape index (κ3) is 41.3. The van der Waals surface area contributed by atoms with Gasteiger partial charge in [-0.05, 0) is 0 Å². The van der Waals surface area contributed by atoms with Crippen molar-refractivity contribution in [3.8, 4) is 0 Å². The van der Waals surface area contributed by atoms with Crippen LogP contribution in [0.2, 0.25) is 0 Å². The molecule has 0 nitrogen and oxygen atoms in total. The van der Waals surface area contributed by atoms with Gasteiger partial charge in [0.15, 0.2) is 0 Å². The molecule has 0 heterocycles. The molecule has 26 valence electrons. The summed E-state index contributed by atoms with van der Waals surface area (Å²) in [6.07, 6.45) is 0. The molecule has 0 unspecified atom stereocenters. The van der Waals surface area contributed by atoms with E-state index in [-0.39, 0.29) is 0 Å². The standard InChI is InChI=1S/F3Se/c1-4(2)3/q+1. The summed E-state index contributed by atoms with van der Waals surface area (Å²) in [5.41, 5.74) is 0. The van der Waals surface area contributed by atoms with Crippen LogP contribution in [0.3, 0.4) is 0 Å². The van der Waals surface area contributed by atoms with Crippen molar-refractivity contribution in [1.82, 2.24) is 0 Å². The first-order valence-corrected chi connectivity index (χ1v) is 2.41. The first kappa shape index (κ1) is 4.31. The van der Waals surface area contributed by atoms with E-state index in [4.69, 9.17) is 0 Å². The Morgan fingerprint density at radius 3 is 1.00 bits per heavy atom. The summed E-state index contributed by atoms with van der Waals surface area (Å²) < 4.78 is 29.4. The van der Waals surface area contributed by atoms with Crippen LogP contribution in [0.1, 0.15) is 0 Å². The van der Waals surface area contributed by atoms with E-state index in [0.717, 1.165) is 0 Å². The number of hydrogen-bond acceptors (Lipinski definition) is 0. The number of hydrogen-bond donors (Lipinski definition) is 0. The van der Waals surface area contributed by atoms with Crippen LogP contribution in [0.15, 0.2) is 0 Å². The van der Waals surface area contributed by atoms with Crippen LogP contribution in [0.4, 0.5) is 10.7 Å². The molecular formula is F3Se+. The second-order valence-electron chi connectivity index (χ2n) is 0.175. The van der Waals surface area contributed by atoms with E-state index in [1.165, 1.54) is 0 Å². The van der Waals surface area contributed by atoms with E-state index in [1.54, 1.807) is 0 Å². The minimum atomic E-state index is -4.54. The maximum atomic E-state index is 9.79. The maximum absolute atomic E-state index is 9.79. The van der Waals surface area contributed by atoms with Crippen molar-refractivity contribution >= 4 is 15.3 Å². The Morgan fingerprint density at radius 2 is 1.00 bits per heavy atom. The van der Waals surface area contributed by atoms with Gasteiger partial charge in [-0.25, -0.2) is 0 Å². The summed E-state index contributed by atoms with van der Waals surface area (Å²) in [6.45, 7) is 0. The van der Waals surface area contributed by atoms with Gasteiger partial charge in [-0.2, -0.15) is 0 Å². The molecule has 0 aromatic carbocycles. The molecule has 0 bridgehead atoms. The molecule has 0 spiro atoms. The van der Waals surface area contributed by atoms with Crippen molar-refractivity contribution in [2.45, 2.75) is 0 Å². The fourth-order valence-corrected chi connectivity index (χ4v) is 0. The molecule has 0 aromatic rings. The Morgan fingerprint density at radius 1 is 1.00 bits per heavy atom. The second kappa shape index (κ2) is 1.61. The minimum absolute atomic E-state index is 4.54. The topological polar surface area (TPSA) is 0 Å². The van der Waals surface area contributed by atoms with Gasteiger partial charge in [-0.3, -0.25) is 0 Å². The molecule has 0 aromatic heterocycles. The van der Waals surface area contributed by atoms with Crippen molar-refractivity contribution < 1.29 is 10.7 Å². The van der Waals surface area contributed by atoms with Crippen molar-refractivity contribution in [1.29, 1.82) is 0 Å². The Kier molecular flexibility index (Phi) is 1.74. The molecule has 0 radical (unpaired) electrons. The summed E-state index contributed by atoms with van der Waals surface area (Å²) in [6, 6.07) is 0. The normalized spacial score (nSPS) is 9.00. The second-order valence-corrected chi connectivity index (χ2v) is 0.909. The van der Waals surface area contributed by atoms with E-state index in [0.29, 0.717) is 0 Å². The van der Waals surface area contributed by atoms with Crippen molar-refractivity contribution in [2.24, 2.45) is 0 Å². The van der Waals surface area contributed by atoms with Crippen molar-refractivity contribution in [2.75, 3.05) is 0 Å². The summed E-state index contributed by atoms with van der Waals surface area (Å²) in [5.74, 6) is 0. The van der Waals surface area contributed by atoms with Gasteiger partial charge < -0.3 is 0 Å². The number of halogens is 3. The first-order valence-electron chi connectivity index (χ1n) is 0.463. The van der Waals surface area contributed by atoms with Crippen LogP contribution in [0, 0.1) is 0 Å². The van der Waals surface area contributed by atoms with E-state index in [2.05, 4.69) is 0 Å². The molecule has 0 amide bonds. The van der Waals surface area contributed by atoms with E-state index >= 15 is 0 Å². The predicted octanol–water partition coefficient (Wildman–Crippen LogP) is 0.880. The Hall–Kier alpha value is 0.309. The molecule has 0 fully saturated rings. The fourth-order valence-electron chi connectivity index (χ4n) is 0. The van der Waals surface area contributed by atoms with Crippen molar-refractivity contribution in [3.63, 3.8) is 0 Å². The van der Waals surface area contributed by atoms with Crippen molar-refractivity contribution in [3.05, 3.63) is 0 Å². The van der Waals surface area contributed by atoms with Gasteiger partial charge in [-0.1, -0.05) is 0 Å². The molecule has 0 aliphatic carbocycles. The van der Waals surface area contributed by atoms with Crippen LogP contribution < -0.4 is 0 Å². The summed E-state index contributed by atoms with van der Waals surface area (Å²) in [4.78, 5) is 0. The van der Waals surface area contributed by atoms with Gasteiger partial charge in [-0.15, -0.1) is 0 Å². The summed E-state index contributed by atoms with van der Waals surface area (Å²) in [7, 11) is 0. The molecule has 0 aliphatic heterocycles. The zero-order chi connectivity index (χ0) is 3.58. The quantitative estimate of drug-likeness (QED) is 0.433. The average Bonchev–Trinajstić information content (AvgIpc) is 0.811.